The third kappa shape index (κ3) is 2.07. The maximum Gasteiger partial charge on any atom is 0.157 e. The summed E-state index contributed by atoms with van der Waals surface area (Å²) in [7, 11) is 0. The van der Waals surface area contributed by atoms with Gasteiger partial charge in [-0.15, -0.1) is 0 Å². The van der Waals surface area contributed by atoms with E-state index in [1.54, 1.807) is 0 Å². The monoisotopic (exact) mass is 244 g/mol. The molecule has 0 aliphatic heterocycles. The number of fused-ring (bicyclic) bond motifs is 1. The van der Waals surface area contributed by atoms with Crippen molar-refractivity contribution < 1.29 is 0 Å². The van der Waals surface area contributed by atoms with Gasteiger partial charge in [0.1, 0.15) is 5.82 Å². The average molecular weight is 244 g/mol. The van der Waals surface area contributed by atoms with E-state index in [1.165, 1.54) is 25.7 Å². The van der Waals surface area contributed by atoms with Crippen LogP contribution in [-0.4, -0.2) is 20.6 Å². The topological polar surface area (TPSA) is 42.2 Å². The van der Waals surface area contributed by atoms with Crippen molar-refractivity contribution >= 4 is 11.5 Å². The van der Waals surface area contributed by atoms with Crippen molar-refractivity contribution in [2.24, 2.45) is 5.92 Å². The Morgan fingerprint density at radius 2 is 2.33 bits per heavy atom. The number of hydrogen-bond acceptors (Lipinski definition) is 3. The quantitative estimate of drug-likeness (QED) is 0.902. The first-order valence-corrected chi connectivity index (χ1v) is 6.84. The van der Waals surface area contributed by atoms with Crippen LogP contribution in [-0.2, 0) is 0 Å². The second-order valence-electron chi connectivity index (χ2n) is 5.31. The first-order valence-electron chi connectivity index (χ1n) is 6.84. The zero-order valence-electron chi connectivity index (χ0n) is 11.1. The van der Waals surface area contributed by atoms with Gasteiger partial charge < -0.3 is 5.32 Å². The van der Waals surface area contributed by atoms with Crippen molar-refractivity contribution in [1.29, 1.82) is 0 Å². The molecule has 96 valence electrons. The highest BCUT2D eigenvalue weighted by atomic mass is 15.3. The SMILES string of the molecule is CCC1CCC(Nc2ccnc3cc(C)nn23)C1. The molecule has 2 aromatic heterocycles. The van der Waals surface area contributed by atoms with Crippen LogP contribution in [0.5, 0.6) is 0 Å². The number of hydrogen-bond donors (Lipinski definition) is 1. The van der Waals surface area contributed by atoms with Crippen molar-refractivity contribution in [3.8, 4) is 0 Å². The Balaban J connectivity index is 1.82. The van der Waals surface area contributed by atoms with E-state index in [9.17, 15) is 0 Å². The van der Waals surface area contributed by atoms with E-state index in [2.05, 4.69) is 22.3 Å². The van der Waals surface area contributed by atoms with Crippen LogP contribution in [0.3, 0.4) is 0 Å². The van der Waals surface area contributed by atoms with Crippen LogP contribution in [0.15, 0.2) is 18.3 Å². The van der Waals surface area contributed by atoms with Gasteiger partial charge in [0, 0.05) is 18.3 Å². The molecule has 0 spiro atoms. The average Bonchev–Trinajstić information content (AvgIpc) is 2.95. The molecule has 1 N–H and O–H groups in total. The fourth-order valence-electron chi connectivity index (χ4n) is 2.91. The van der Waals surface area contributed by atoms with Gasteiger partial charge in [0.25, 0.3) is 0 Å². The Morgan fingerprint density at radius 3 is 3.11 bits per heavy atom. The van der Waals surface area contributed by atoms with Crippen molar-refractivity contribution in [2.75, 3.05) is 5.32 Å². The smallest absolute Gasteiger partial charge is 0.157 e. The van der Waals surface area contributed by atoms with E-state index >= 15 is 0 Å². The zero-order valence-corrected chi connectivity index (χ0v) is 11.1. The van der Waals surface area contributed by atoms with E-state index in [1.807, 2.05) is 29.8 Å². The second-order valence-corrected chi connectivity index (χ2v) is 5.31. The molecule has 0 bridgehead atoms. The highest BCUT2D eigenvalue weighted by Gasteiger charge is 2.23. The van der Waals surface area contributed by atoms with Crippen LogP contribution < -0.4 is 5.32 Å². The van der Waals surface area contributed by atoms with E-state index < -0.39 is 0 Å². The Morgan fingerprint density at radius 1 is 1.44 bits per heavy atom. The van der Waals surface area contributed by atoms with Gasteiger partial charge in [-0.2, -0.15) is 9.61 Å². The molecular weight excluding hydrogens is 224 g/mol. The van der Waals surface area contributed by atoms with Gasteiger partial charge in [0.15, 0.2) is 5.65 Å². The molecule has 4 heteroatoms. The lowest BCUT2D eigenvalue weighted by Gasteiger charge is -2.14. The number of nitrogens with zero attached hydrogens (tertiary/aromatic N) is 3. The van der Waals surface area contributed by atoms with Crippen molar-refractivity contribution in [1.82, 2.24) is 14.6 Å². The predicted molar refractivity (Wildman–Crippen MR) is 72.8 cm³/mol. The fraction of sp³-hybridized carbons (Fsp3) is 0.571. The van der Waals surface area contributed by atoms with E-state index in [4.69, 9.17) is 0 Å². The lowest BCUT2D eigenvalue weighted by atomic mass is 10.1. The highest BCUT2D eigenvalue weighted by Crippen LogP contribution is 2.30. The van der Waals surface area contributed by atoms with Gasteiger partial charge in [-0.25, -0.2) is 4.98 Å². The molecule has 1 aliphatic carbocycles. The summed E-state index contributed by atoms with van der Waals surface area (Å²) in [6, 6.07) is 4.61. The number of aryl methyl sites for hydroxylation is 1. The van der Waals surface area contributed by atoms with Gasteiger partial charge in [0.2, 0.25) is 0 Å². The molecule has 0 saturated heterocycles. The van der Waals surface area contributed by atoms with Crippen LogP contribution >= 0.6 is 0 Å². The Hall–Kier alpha value is -1.58. The van der Waals surface area contributed by atoms with Gasteiger partial charge >= 0.3 is 0 Å². The van der Waals surface area contributed by atoms with E-state index in [0.717, 1.165) is 23.1 Å². The maximum absolute atomic E-state index is 4.49. The van der Waals surface area contributed by atoms with Gasteiger partial charge in [-0.05, 0) is 38.2 Å². The lowest BCUT2D eigenvalue weighted by Crippen LogP contribution is -2.18. The molecule has 18 heavy (non-hydrogen) atoms. The largest absolute Gasteiger partial charge is 0.367 e. The molecule has 2 atom stereocenters. The third-order valence-electron chi connectivity index (χ3n) is 3.95. The number of anilines is 1. The van der Waals surface area contributed by atoms with Crippen molar-refractivity contribution in [3.63, 3.8) is 0 Å². The molecule has 1 fully saturated rings. The minimum Gasteiger partial charge on any atom is -0.367 e. The number of rotatable bonds is 3. The molecule has 2 unspecified atom stereocenters. The molecule has 3 rings (SSSR count). The van der Waals surface area contributed by atoms with Crippen LogP contribution in [0.2, 0.25) is 0 Å². The fourth-order valence-corrected chi connectivity index (χ4v) is 2.91. The third-order valence-corrected chi connectivity index (χ3v) is 3.95. The molecular formula is C14H20N4. The van der Waals surface area contributed by atoms with E-state index in [0.29, 0.717) is 6.04 Å². The Kier molecular flexibility index (Phi) is 2.94. The van der Waals surface area contributed by atoms with Crippen LogP contribution in [0.1, 0.15) is 38.3 Å². The Bertz CT molecular complexity index is 546. The Labute approximate surface area is 107 Å². The van der Waals surface area contributed by atoms with Crippen molar-refractivity contribution in [2.45, 2.75) is 45.6 Å². The molecule has 0 aromatic carbocycles. The summed E-state index contributed by atoms with van der Waals surface area (Å²) in [5.74, 6) is 1.95. The summed E-state index contributed by atoms with van der Waals surface area (Å²) in [6.07, 6.45) is 7.04. The maximum atomic E-state index is 4.49. The molecule has 1 saturated carbocycles. The first-order chi connectivity index (χ1) is 8.76. The molecule has 0 radical (unpaired) electrons. The predicted octanol–water partition coefficient (Wildman–Crippen LogP) is 3.03. The lowest BCUT2D eigenvalue weighted by molar-refractivity contribution is 0.524. The second kappa shape index (κ2) is 4.59. The van der Waals surface area contributed by atoms with E-state index in [-0.39, 0.29) is 0 Å². The summed E-state index contributed by atoms with van der Waals surface area (Å²) in [6.45, 7) is 4.29. The van der Waals surface area contributed by atoms with Crippen LogP contribution in [0.25, 0.3) is 5.65 Å². The van der Waals surface area contributed by atoms with Crippen LogP contribution in [0.4, 0.5) is 5.82 Å². The normalized spacial score (nSPS) is 23.7. The number of nitrogens with one attached hydrogen (secondary N) is 1. The zero-order chi connectivity index (χ0) is 12.5. The van der Waals surface area contributed by atoms with Gasteiger partial charge in [-0.3, -0.25) is 0 Å². The highest BCUT2D eigenvalue weighted by molar-refractivity contribution is 5.48. The molecule has 4 nitrogen and oxygen atoms in total. The molecule has 0 amide bonds. The summed E-state index contributed by atoms with van der Waals surface area (Å²) in [5, 5.41) is 8.11. The van der Waals surface area contributed by atoms with Crippen LogP contribution in [0, 0.1) is 12.8 Å². The minimum atomic E-state index is 0.588. The van der Waals surface area contributed by atoms with Crippen molar-refractivity contribution in [3.05, 3.63) is 24.0 Å². The van der Waals surface area contributed by atoms with Gasteiger partial charge in [0.05, 0.1) is 5.69 Å². The van der Waals surface area contributed by atoms with Gasteiger partial charge in [-0.1, -0.05) is 13.3 Å². The summed E-state index contributed by atoms with van der Waals surface area (Å²) >= 11 is 0. The first kappa shape index (κ1) is 11.5. The molecule has 2 heterocycles. The summed E-state index contributed by atoms with van der Waals surface area (Å²) in [4.78, 5) is 4.33. The minimum absolute atomic E-state index is 0.588. The summed E-state index contributed by atoms with van der Waals surface area (Å²) < 4.78 is 1.91. The standard InChI is InChI=1S/C14H20N4/c1-3-11-4-5-12(9-11)16-13-6-7-15-14-8-10(2)17-18(13)14/h6-8,11-12,16H,3-5,9H2,1-2H3. The molecule has 1 aliphatic rings. The summed E-state index contributed by atoms with van der Waals surface area (Å²) in [5.41, 5.74) is 1.93. The molecule has 2 aromatic rings. The number of aromatic nitrogens is 3.